The van der Waals surface area contributed by atoms with E-state index in [2.05, 4.69) is 5.43 Å². The van der Waals surface area contributed by atoms with Gasteiger partial charge in [-0.25, -0.2) is 5.43 Å². The first-order valence-electron chi connectivity index (χ1n) is 6.08. The average molecular weight is 307 g/mol. The molecule has 0 saturated heterocycles. The summed E-state index contributed by atoms with van der Waals surface area (Å²) < 4.78 is 5.83. The third-order valence-electron chi connectivity index (χ3n) is 3.16. The Kier molecular flexibility index (Phi) is 3.68. The van der Waals surface area contributed by atoms with Gasteiger partial charge in [-0.15, -0.1) is 0 Å². The number of hydrogen-bond acceptors (Lipinski definition) is 3. The minimum Gasteiger partial charge on any atom is -0.459 e. The average Bonchev–Trinajstić information content (AvgIpc) is 2.87. The lowest BCUT2D eigenvalue weighted by Crippen LogP contribution is -2.28. The van der Waals surface area contributed by atoms with Crippen molar-refractivity contribution < 1.29 is 4.42 Å². The van der Waals surface area contributed by atoms with Crippen LogP contribution in [0.1, 0.15) is 17.4 Å². The van der Waals surface area contributed by atoms with Crippen LogP contribution in [0.4, 0.5) is 0 Å². The molecule has 0 radical (unpaired) electrons. The van der Waals surface area contributed by atoms with E-state index in [1.54, 1.807) is 18.2 Å². The van der Waals surface area contributed by atoms with E-state index < -0.39 is 0 Å². The Morgan fingerprint density at radius 1 is 1.05 bits per heavy atom. The Morgan fingerprint density at radius 3 is 2.60 bits per heavy atom. The summed E-state index contributed by atoms with van der Waals surface area (Å²) in [6.45, 7) is 0. The molecule has 0 aliphatic heterocycles. The summed E-state index contributed by atoms with van der Waals surface area (Å²) in [4.78, 5) is 0. The maximum absolute atomic E-state index is 6.22. The molecule has 1 atom stereocenters. The highest BCUT2D eigenvalue weighted by Crippen LogP contribution is 2.32. The fraction of sp³-hybridized carbons (Fsp3) is 0.0667. The molecule has 3 rings (SSSR count). The molecule has 0 saturated carbocycles. The molecule has 3 nitrogen and oxygen atoms in total. The number of halogens is 2. The molecule has 0 amide bonds. The van der Waals surface area contributed by atoms with E-state index in [0.29, 0.717) is 15.8 Å². The molecule has 102 valence electrons. The molecule has 0 aliphatic rings. The lowest BCUT2D eigenvalue weighted by atomic mass is 10.0. The second kappa shape index (κ2) is 5.46. The number of nitrogens with two attached hydrogens (primary N) is 1. The summed E-state index contributed by atoms with van der Waals surface area (Å²) in [5.74, 6) is 6.36. The van der Waals surface area contributed by atoms with Crippen LogP contribution in [0, 0.1) is 0 Å². The van der Waals surface area contributed by atoms with Crippen LogP contribution < -0.4 is 11.3 Å². The van der Waals surface area contributed by atoms with Gasteiger partial charge in [0.25, 0.3) is 0 Å². The third kappa shape index (κ3) is 2.41. The van der Waals surface area contributed by atoms with Crippen LogP contribution in [0.5, 0.6) is 0 Å². The van der Waals surface area contributed by atoms with E-state index in [1.807, 2.05) is 30.3 Å². The van der Waals surface area contributed by atoms with Crippen molar-refractivity contribution >= 4 is 34.2 Å². The predicted molar refractivity (Wildman–Crippen MR) is 81.8 cm³/mol. The Labute approximate surface area is 126 Å². The van der Waals surface area contributed by atoms with Crippen molar-refractivity contribution in [3.63, 3.8) is 0 Å². The quantitative estimate of drug-likeness (QED) is 0.560. The lowest BCUT2D eigenvalue weighted by Gasteiger charge is -2.15. The molecule has 1 heterocycles. The molecule has 1 aromatic heterocycles. The zero-order chi connectivity index (χ0) is 14.1. The van der Waals surface area contributed by atoms with E-state index in [9.17, 15) is 0 Å². The highest BCUT2D eigenvalue weighted by molar-refractivity contribution is 6.33. The first-order valence-corrected chi connectivity index (χ1v) is 6.84. The fourth-order valence-electron chi connectivity index (χ4n) is 2.21. The number of nitrogens with one attached hydrogen (secondary N) is 1. The molecular formula is C15H12Cl2N2O. The van der Waals surface area contributed by atoms with Crippen molar-refractivity contribution in [2.45, 2.75) is 6.04 Å². The van der Waals surface area contributed by atoms with Crippen LogP contribution in [0.15, 0.2) is 52.9 Å². The first kappa shape index (κ1) is 13.5. The van der Waals surface area contributed by atoms with Crippen LogP contribution in [0.3, 0.4) is 0 Å². The van der Waals surface area contributed by atoms with Crippen LogP contribution in [0.2, 0.25) is 10.0 Å². The van der Waals surface area contributed by atoms with Gasteiger partial charge in [-0.3, -0.25) is 5.84 Å². The Morgan fingerprint density at radius 2 is 1.85 bits per heavy atom. The summed E-state index contributed by atoms with van der Waals surface area (Å²) in [6, 6.07) is 14.6. The number of rotatable bonds is 3. The lowest BCUT2D eigenvalue weighted by molar-refractivity contribution is 0.477. The molecule has 0 spiro atoms. The van der Waals surface area contributed by atoms with Crippen molar-refractivity contribution in [3.8, 4) is 0 Å². The van der Waals surface area contributed by atoms with Gasteiger partial charge in [0.15, 0.2) is 0 Å². The van der Waals surface area contributed by atoms with Crippen molar-refractivity contribution in [2.75, 3.05) is 0 Å². The van der Waals surface area contributed by atoms with Crippen molar-refractivity contribution in [3.05, 3.63) is 69.9 Å². The van der Waals surface area contributed by atoms with Gasteiger partial charge in [0, 0.05) is 15.4 Å². The zero-order valence-corrected chi connectivity index (χ0v) is 11.9. The third-order valence-corrected chi connectivity index (χ3v) is 3.74. The van der Waals surface area contributed by atoms with E-state index in [1.165, 1.54) is 0 Å². The molecule has 1 unspecified atom stereocenters. The second-order valence-electron chi connectivity index (χ2n) is 4.45. The van der Waals surface area contributed by atoms with Crippen molar-refractivity contribution in [2.24, 2.45) is 5.84 Å². The number of para-hydroxylation sites is 1. The molecule has 3 aromatic rings. The van der Waals surface area contributed by atoms with Crippen LogP contribution >= 0.6 is 23.2 Å². The van der Waals surface area contributed by atoms with Crippen molar-refractivity contribution in [1.29, 1.82) is 0 Å². The van der Waals surface area contributed by atoms with Crippen molar-refractivity contribution in [1.82, 2.24) is 5.43 Å². The van der Waals surface area contributed by atoms with E-state index in [0.717, 1.165) is 16.5 Å². The fourth-order valence-corrected chi connectivity index (χ4v) is 2.61. The number of fused-ring (bicyclic) bond motifs is 1. The normalized spacial score (nSPS) is 12.8. The number of furan rings is 1. The minimum absolute atomic E-state index is 0.353. The van der Waals surface area contributed by atoms with Gasteiger partial charge in [0.2, 0.25) is 0 Å². The Balaban J connectivity index is 2.11. The SMILES string of the molecule is NNC(c1cc2ccccc2o1)c1cc(Cl)ccc1Cl. The Bertz CT molecular complexity index is 721. The summed E-state index contributed by atoms with van der Waals surface area (Å²) in [5, 5.41) is 2.19. The van der Waals surface area contributed by atoms with E-state index in [4.69, 9.17) is 33.5 Å². The molecule has 0 aliphatic carbocycles. The zero-order valence-electron chi connectivity index (χ0n) is 10.4. The number of hydrazine groups is 1. The minimum atomic E-state index is -0.353. The molecule has 20 heavy (non-hydrogen) atoms. The van der Waals surface area contributed by atoms with Gasteiger partial charge in [0.1, 0.15) is 17.4 Å². The second-order valence-corrected chi connectivity index (χ2v) is 5.30. The van der Waals surface area contributed by atoms with E-state index >= 15 is 0 Å². The largest absolute Gasteiger partial charge is 0.459 e. The maximum atomic E-state index is 6.22. The summed E-state index contributed by atoms with van der Waals surface area (Å²) in [7, 11) is 0. The van der Waals surface area contributed by atoms with Gasteiger partial charge < -0.3 is 4.42 Å². The predicted octanol–water partition coefficient (Wildman–Crippen LogP) is 4.29. The molecule has 2 aromatic carbocycles. The smallest absolute Gasteiger partial charge is 0.134 e. The van der Waals surface area contributed by atoms with Gasteiger partial charge in [-0.05, 0) is 35.9 Å². The van der Waals surface area contributed by atoms with E-state index in [-0.39, 0.29) is 6.04 Å². The molecular weight excluding hydrogens is 295 g/mol. The summed E-state index contributed by atoms with van der Waals surface area (Å²) >= 11 is 12.2. The monoisotopic (exact) mass is 306 g/mol. The van der Waals surface area contributed by atoms with Crippen LogP contribution in [-0.4, -0.2) is 0 Å². The standard InChI is InChI=1S/C15H12Cl2N2O/c16-10-5-6-12(17)11(8-10)15(19-18)14-7-9-3-1-2-4-13(9)20-14/h1-8,15,19H,18H2. The van der Waals surface area contributed by atoms with Gasteiger partial charge in [0.05, 0.1) is 0 Å². The maximum Gasteiger partial charge on any atom is 0.134 e. The number of benzene rings is 2. The summed E-state index contributed by atoms with van der Waals surface area (Å²) in [6.07, 6.45) is 0. The topological polar surface area (TPSA) is 51.2 Å². The molecule has 5 heteroatoms. The Hall–Kier alpha value is -1.52. The molecule has 0 fully saturated rings. The van der Waals surface area contributed by atoms with Gasteiger partial charge in [-0.2, -0.15) is 0 Å². The van der Waals surface area contributed by atoms with Gasteiger partial charge in [-0.1, -0.05) is 41.4 Å². The highest BCUT2D eigenvalue weighted by Gasteiger charge is 2.20. The number of hydrogen-bond donors (Lipinski definition) is 2. The molecule has 3 N–H and O–H groups in total. The van der Waals surface area contributed by atoms with Crippen LogP contribution in [-0.2, 0) is 0 Å². The first-order chi connectivity index (χ1) is 9.69. The highest BCUT2D eigenvalue weighted by atomic mass is 35.5. The van der Waals surface area contributed by atoms with Crippen LogP contribution in [0.25, 0.3) is 11.0 Å². The molecule has 0 bridgehead atoms. The summed E-state index contributed by atoms with van der Waals surface area (Å²) in [5.41, 5.74) is 4.31. The van der Waals surface area contributed by atoms with Gasteiger partial charge >= 0.3 is 0 Å².